The molecule has 0 aliphatic carbocycles. The largest absolute Gasteiger partial charge is 0.363 e. The van der Waals surface area contributed by atoms with Gasteiger partial charge in [-0.3, -0.25) is 4.90 Å². The van der Waals surface area contributed by atoms with Gasteiger partial charge >= 0.3 is 0 Å². The van der Waals surface area contributed by atoms with Crippen LogP contribution in [0.25, 0.3) is 0 Å². The van der Waals surface area contributed by atoms with Gasteiger partial charge in [0.2, 0.25) is 5.72 Å². The molecular weight excluding hydrogens is 190 g/mol. The Morgan fingerprint density at radius 3 is 2.73 bits per heavy atom. The predicted molar refractivity (Wildman–Crippen MR) is 58.4 cm³/mol. The summed E-state index contributed by atoms with van der Waals surface area (Å²) in [5, 5.41) is 4.13. The molecule has 4 nitrogen and oxygen atoms in total. The third kappa shape index (κ3) is 1.08. The number of hydrogen-bond donors (Lipinski definition) is 0. The Morgan fingerprint density at radius 1 is 1.53 bits per heavy atom. The lowest BCUT2D eigenvalue weighted by Crippen LogP contribution is -2.65. The summed E-state index contributed by atoms with van der Waals surface area (Å²) >= 11 is 0. The fraction of sp³-hybridized carbons (Fsp3) is 0.727. The highest BCUT2D eigenvalue weighted by Crippen LogP contribution is 2.42. The summed E-state index contributed by atoms with van der Waals surface area (Å²) in [6, 6.07) is 0. The molecule has 1 unspecified atom stereocenters. The minimum absolute atomic E-state index is 0.194. The fourth-order valence-electron chi connectivity index (χ4n) is 3.09. The van der Waals surface area contributed by atoms with Gasteiger partial charge in [0.15, 0.2) is 5.84 Å². The van der Waals surface area contributed by atoms with Crippen molar-refractivity contribution in [2.75, 3.05) is 26.7 Å². The third-order valence-electron chi connectivity index (χ3n) is 4.07. The molecule has 0 N–H and O–H groups in total. The number of nitrogens with zero attached hydrogens (tertiary/aromatic N) is 3. The third-order valence-corrected chi connectivity index (χ3v) is 4.07. The number of amidine groups is 1. The number of rotatable bonds is 1. The predicted octanol–water partition coefficient (Wildman–Crippen LogP) is 0.870. The van der Waals surface area contributed by atoms with Crippen LogP contribution < -0.4 is 0 Å². The van der Waals surface area contributed by atoms with E-state index in [-0.39, 0.29) is 5.72 Å². The van der Waals surface area contributed by atoms with E-state index in [0.29, 0.717) is 5.92 Å². The van der Waals surface area contributed by atoms with Crippen LogP contribution in [0, 0.1) is 5.92 Å². The molecular formula is C11H17N3O. The normalized spacial score (nSPS) is 43.0. The van der Waals surface area contributed by atoms with E-state index in [2.05, 4.69) is 28.6 Å². The van der Waals surface area contributed by atoms with Crippen molar-refractivity contribution in [1.82, 2.24) is 9.80 Å². The van der Waals surface area contributed by atoms with E-state index in [1.807, 2.05) is 0 Å². The molecule has 3 saturated heterocycles. The number of oxime groups is 1. The molecule has 1 atom stereocenters. The Bertz CT molecular complexity index is 320. The van der Waals surface area contributed by atoms with Gasteiger partial charge in [0, 0.05) is 13.0 Å². The fourth-order valence-corrected chi connectivity index (χ4v) is 3.09. The van der Waals surface area contributed by atoms with Gasteiger partial charge in [0.1, 0.15) is 0 Å². The average molecular weight is 207 g/mol. The molecule has 0 aromatic heterocycles. The van der Waals surface area contributed by atoms with Crippen molar-refractivity contribution in [2.24, 2.45) is 11.1 Å². The molecule has 4 aliphatic heterocycles. The molecule has 0 aromatic carbocycles. The Labute approximate surface area is 90.2 Å². The van der Waals surface area contributed by atoms with Gasteiger partial charge in [-0.1, -0.05) is 11.7 Å². The maximum absolute atomic E-state index is 5.73. The van der Waals surface area contributed by atoms with Crippen LogP contribution in [0.15, 0.2) is 17.8 Å². The molecule has 0 saturated carbocycles. The first kappa shape index (κ1) is 9.21. The van der Waals surface area contributed by atoms with Crippen molar-refractivity contribution in [3.63, 3.8) is 0 Å². The lowest BCUT2D eigenvalue weighted by Gasteiger charge is -2.52. The minimum Gasteiger partial charge on any atom is -0.363 e. The highest BCUT2D eigenvalue weighted by molar-refractivity contribution is 5.93. The highest BCUT2D eigenvalue weighted by atomic mass is 16.7. The molecule has 4 heterocycles. The summed E-state index contributed by atoms with van der Waals surface area (Å²) in [5.41, 5.74) is -0.194. The Balaban J connectivity index is 1.90. The first-order chi connectivity index (χ1) is 7.26. The zero-order valence-electron chi connectivity index (χ0n) is 9.15. The Hall–Kier alpha value is -1.03. The van der Waals surface area contributed by atoms with E-state index in [1.165, 1.54) is 25.9 Å². The number of hydrogen-bond acceptors (Lipinski definition) is 4. The van der Waals surface area contributed by atoms with Crippen LogP contribution in [-0.4, -0.2) is 48.0 Å². The molecule has 2 bridgehead atoms. The van der Waals surface area contributed by atoms with Gasteiger partial charge in [0.25, 0.3) is 0 Å². The Kier molecular flexibility index (Phi) is 1.83. The van der Waals surface area contributed by atoms with E-state index in [0.717, 1.165) is 12.4 Å². The lowest BCUT2D eigenvalue weighted by atomic mass is 9.80. The second kappa shape index (κ2) is 2.98. The second-order valence-corrected chi connectivity index (χ2v) is 4.70. The molecule has 0 radical (unpaired) electrons. The van der Waals surface area contributed by atoms with Crippen LogP contribution in [0.4, 0.5) is 0 Å². The van der Waals surface area contributed by atoms with E-state index >= 15 is 0 Å². The molecule has 82 valence electrons. The maximum Gasteiger partial charge on any atom is 0.226 e. The molecule has 0 aromatic rings. The maximum atomic E-state index is 5.73. The van der Waals surface area contributed by atoms with Crippen LogP contribution in [0.1, 0.15) is 12.8 Å². The summed E-state index contributed by atoms with van der Waals surface area (Å²) in [6.45, 7) is 7.18. The van der Waals surface area contributed by atoms with E-state index in [9.17, 15) is 0 Å². The summed E-state index contributed by atoms with van der Waals surface area (Å²) in [4.78, 5) is 10.4. The number of piperidine rings is 3. The lowest BCUT2D eigenvalue weighted by molar-refractivity contribution is -0.190. The second-order valence-electron chi connectivity index (χ2n) is 4.70. The summed E-state index contributed by atoms with van der Waals surface area (Å²) in [5.74, 6) is 1.48. The summed E-state index contributed by atoms with van der Waals surface area (Å²) < 4.78 is 0. The van der Waals surface area contributed by atoms with Crippen molar-refractivity contribution in [2.45, 2.75) is 18.6 Å². The van der Waals surface area contributed by atoms with E-state index in [1.54, 1.807) is 6.08 Å². The van der Waals surface area contributed by atoms with Crippen LogP contribution in [0.3, 0.4) is 0 Å². The molecule has 3 fully saturated rings. The SMILES string of the molecule is C=CC1=NOC2(CN3CCC2CC3)N1C. The molecule has 1 spiro atoms. The number of fused-ring (bicyclic) bond motifs is 2. The molecule has 4 heteroatoms. The average Bonchev–Trinajstić information content (AvgIpc) is 2.59. The van der Waals surface area contributed by atoms with Crippen molar-refractivity contribution in [1.29, 1.82) is 0 Å². The van der Waals surface area contributed by atoms with Gasteiger partial charge in [-0.05, 0) is 32.0 Å². The quantitative estimate of drug-likeness (QED) is 0.638. The first-order valence-corrected chi connectivity index (χ1v) is 5.61. The van der Waals surface area contributed by atoms with Gasteiger partial charge in [-0.15, -0.1) is 0 Å². The van der Waals surface area contributed by atoms with Gasteiger partial charge in [-0.2, -0.15) is 0 Å². The molecule has 4 aliphatic rings. The topological polar surface area (TPSA) is 28.1 Å². The van der Waals surface area contributed by atoms with Gasteiger partial charge in [-0.25, -0.2) is 0 Å². The molecule has 0 amide bonds. The van der Waals surface area contributed by atoms with E-state index in [4.69, 9.17) is 4.84 Å². The monoisotopic (exact) mass is 207 g/mol. The standard InChI is InChI=1S/C11H17N3O/c1-3-10-12-15-11(13(10)2)8-14-6-4-9(11)5-7-14/h3,9H,1,4-8H2,2H3. The van der Waals surface area contributed by atoms with Crippen LogP contribution in [0.5, 0.6) is 0 Å². The molecule has 15 heavy (non-hydrogen) atoms. The zero-order valence-corrected chi connectivity index (χ0v) is 9.15. The molecule has 4 rings (SSSR count). The van der Waals surface area contributed by atoms with Crippen molar-refractivity contribution < 1.29 is 4.84 Å². The minimum atomic E-state index is -0.194. The number of likely N-dealkylation sites (N-methyl/N-ethyl adjacent to an activating group) is 1. The van der Waals surface area contributed by atoms with Crippen molar-refractivity contribution in [3.05, 3.63) is 12.7 Å². The van der Waals surface area contributed by atoms with Crippen molar-refractivity contribution >= 4 is 5.84 Å². The van der Waals surface area contributed by atoms with Crippen molar-refractivity contribution in [3.8, 4) is 0 Å². The van der Waals surface area contributed by atoms with Crippen LogP contribution in [-0.2, 0) is 4.84 Å². The summed E-state index contributed by atoms with van der Waals surface area (Å²) in [7, 11) is 2.06. The van der Waals surface area contributed by atoms with Gasteiger partial charge < -0.3 is 9.74 Å². The smallest absolute Gasteiger partial charge is 0.226 e. The van der Waals surface area contributed by atoms with Crippen LogP contribution >= 0.6 is 0 Å². The highest BCUT2D eigenvalue weighted by Gasteiger charge is 2.55. The first-order valence-electron chi connectivity index (χ1n) is 5.61. The van der Waals surface area contributed by atoms with Gasteiger partial charge in [0.05, 0.1) is 6.54 Å². The van der Waals surface area contributed by atoms with E-state index < -0.39 is 0 Å². The Morgan fingerprint density at radius 2 is 2.27 bits per heavy atom. The summed E-state index contributed by atoms with van der Waals surface area (Å²) in [6.07, 6.45) is 4.22. The van der Waals surface area contributed by atoms with Crippen LogP contribution in [0.2, 0.25) is 0 Å². The zero-order chi connectivity index (χ0) is 10.5.